The molecule has 4 nitrogen and oxygen atoms in total. The van der Waals surface area contributed by atoms with E-state index in [1.54, 1.807) is 5.38 Å². The van der Waals surface area contributed by atoms with Crippen LogP contribution >= 0.6 is 27.3 Å². The maximum Gasteiger partial charge on any atom is 0.275 e. The third-order valence-corrected chi connectivity index (χ3v) is 4.03. The molecule has 0 atom stereocenters. The van der Waals surface area contributed by atoms with Gasteiger partial charge in [-0.15, -0.1) is 11.3 Å². The summed E-state index contributed by atoms with van der Waals surface area (Å²) in [4.78, 5) is 16.4. The molecule has 0 saturated heterocycles. The van der Waals surface area contributed by atoms with Gasteiger partial charge < -0.3 is 9.88 Å². The maximum atomic E-state index is 12.1. The fraction of sp³-hybridized carbons (Fsp3) is 0. The summed E-state index contributed by atoms with van der Waals surface area (Å²) in [7, 11) is 0. The first-order valence-corrected chi connectivity index (χ1v) is 7.55. The van der Waals surface area contributed by atoms with Gasteiger partial charge in [-0.25, -0.2) is 4.98 Å². The number of aromatic nitrogens is 2. The van der Waals surface area contributed by atoms with Gasteiger partial charge in [0.1, 0.15) is 5.69 Å². The molecule has 6 heteroatoms. The number of halogens is 1. The Morgan fingerprint density at radius 3 is 2.60 bits per heavy atom. The van der Waals surface area contributed by atoms with Crippen molar-refractivity contribution in [2.75, 3.05) is 5.32 Å². The molecule has 1 amide bonds. The lowest BCUT2D eigenvalue weighted by atomic mass is 10.3. The standard InChI is InChI=1S/C14H10BrN3OS/c15-10-3-5-11(6-4-10)16-13(19)12-9-20-14(17-12)18-7-1-2-8-18/h1-9H,(H,16,19). The SMILES string of the molecule is O=C(Nc1ccc(Br)cc1)c1csc(-n2cccc2)n1. The highest BCUT2D eigenvalue weighted by Crippen LogP contribution is 2.18. The van der Waals surface area contributed by atoms with Crippen molar-refractivity contribution in [2.24, 2.45) is 0 Å². The molecule has 0 fully saturated rings. The first-order valence-electron chi connectivity index (χ1n) is 5.88. The number of anilines is 1. The van der Waals surface area contributed by atoms with Gasteiger partial charge in [-0.1, -0.05) is 15.9 Å². The van der Waals surface area contributed by atoms with Gasteiger partial charge >= 0.3 is 0 Å². The number of amides is 1. The fourth-order valence-electron chi connectivity index (χ4n) is 1.68. The molecule has 2 heterocycles. The molecule has 20 heavy (non-hydrogen) atoms. The molecule has 2 aromatic heterocycles. The van der Waals surface area contributed by atoms with Crippen LogP contribution in [0.25, 0.3) is 5.13 Å². The largest absolute Gasteiger partial charge is 0.321 e. The topological polar surface area (TPSA) is 46.9 Å². The minimum atomic E-state index is -0.207. The van der Waals surface area contributed by atoms with E-state index in [-0.39, 0.29) is 5.91 Å². The maximum absolute atomic E-state index is 12.1. The molecular weight excluding hydrogens is 338 g/mol. The van der Waals surface area contributed by atoms with Gasteiger partial charge in [0, 0.05) is 27.9 Å². The minimum absolute atomic E-state index is 0.207. The highest BCUT2D eigenvalue weighted by Gasteiger charge is 2.11. The summed E-state index contributed by atoms with van der Waals surface area (Å²) in [5.41, 5.74) is 1.16. The van der Waals surface area contributed by atoms with Crippen molar-refractivity contribution in [1.29, 1.82) is 0 Å². The third kappa shape index (κ3) is 2.81. The second-order valence-electron chi connectivity index (χ2n) is 4.07. The molecule has 0 aliphatic heterocycles. The molecule has 0 bridgehead atoms. The summed E-state index contributed by atoms with van der Waals surface area (Å²) < 4.78 is 2.85. The van der Waals surface area contributed by atoms with Gasteiger partial charge in [-0.3, -0.25) is 4.79 Å². The van der Waals surface area contributed by atoms with Gasteiger partial charge in [0.2, 0.25) is 0 Å². The van der Waals surface area contributed by atoms with E-state index >= 15 is 0 Å². The molecule has 1 N–H and O–H groups in total. The summed E-state index contributed by atoms with van der Waals surface area (Å²) in [5.74, 6) is -0.207. The van der Waals surface area contributed by atoms with Crippen molar-refractivity contribution in [2.45, 2.75) is 0 Å². The summed E-state index contributed by atoms with van der Waals surface area (Å²) >= 11 is 4.79. The molecule has 100 valence electrons. The zero-order chi connectivity index (χ0) is 13.9. The smallest absolute Gasteiger partial charge is 0.275 e. The lowest BCUT2D eigenvalue weighted by molar-refractivity contribution is 0.102. The van der Waals surface area contributed by atoms with E-state index in [0.717, 1.165) is 15.3 Å². The zero-order valence-electron chi connectivity index (χ0n) is 10.3. The van der Waals surface area contributed by atoms with Crippen LogP contribution in [0.1, 0.15) is 10.5 Å². The van der Waals surface area contributed by atoms with Crippen LogP contribution in [-0.4, -0.2) is 15.5 Å². The number of benzene rings is 1. The van der Waals surface area contributed by atoms with Crippen LogP contribution in [0.4, 0.5) is 5.69 Å². The lowest BCUT2D eigenvalue weighted by Crippen LogP contribution is -2.12. The van der Waals surface area contributed by atoms with Crippen LogP contribution in [0.3, 0.4) is 0 Å². The van der Waals surface area contributed by atoms with E-state index in [1.165, 1.54) is 11.3 Å². The van der Waals surface area contributed by atoms with Crippen molar-refractivity contribution in [3.05, 3.63) is 64.3 Å². The Bertz CT molecular complexity index is 719. The molecule has 3 rings (SSSR count). The normalized spacial score (nSPS) is 10.4. The van der Waals surface area contributed by atoms with Crippen molar-refractivity contribution >= 4 is 38.9 Å². The first-order chi connectivity index (χ1) is 9.72. The number of thiazole rings is 1. The molecule has 0 saturated carbocycles. The van der Waals surface area contributed by atoms with E-state index in [2.05, 4.69) is 26.2 Å². The molecular formula is C14H10BrN3OS. The molecule has 1 aromatic carbocycles. The zero-order valence-corrected chi connectivity index (χ0v) is 12.7. The summed E-state index contributed by atoms with van der Waals surface area (Å²) in [6, 6.07) is 11.3. The summed E-state index contributed by atoms with van der Waals surface area (Å²) in [5, 5.41) is 5.35. The van der Waals surface area contributed by atoms with E-state index in [9.17, 15) is 4.79 Å². The minimum Gasteiger partial charge on any atom is -0.321 e. The van der Waals surface area contributed by atoms with Crippen molar-refractivity contribution < 1.29 is 4.79 Å². The Morgan fingerprint density at radius 1 is 1.20 bits per heavy atom. The highest BCUT2D eigenvalue weighted by molar-refractivity contribution is 9.10. The van der Waals surface area contributed by atoms with Crippen LogP contribution in [0.15, 0.2) is 58.6 Å². The fourth-order valence-corrected chi connectivity index (χ4v) is 2.71. The van der Waals surface area contributed by atoms with Crippen LogP contribution in [-0.2, 0) is 0 Å². The lowest BCUT2D eigenvalue weighted by Gasteiger charge is -2.02. The van der Waals surface area contributed by atoms with E-state index in [1.807, 2.05) is 53.4 Å². The van der Waals surface area contributed by atoms with Crippen molar-refractivity contribution in [3.8, 4) is 5.13 Å². The predicted molar refractivity (Wildman–Crippen MR) is 83.5 cm³/mol. The first kappa shape index (κ1) is 13.1. The monoisotopic (exact) mass is 347 g/mol. The molecule has 0 aliphatic rings. The second-order valence-corrected chi connectivity index (χ2v) is 5.82. The number of hydrogen-bond acceptors (Lipinski definition) is 3. The van der Waals surface area contributed by atoms with E-state index < -0.39 is 0 Å². The number of rotatable bonds is 3. The molecule has 0 unspecified atom stereocenters. The number of nitrogens with zero attached hydrogens (tertiary/aromatic N) is 2. The number of nitrogens with one attached hydrogen (secondary N) is 1. The average Bonchev–Trinajstić information content (AvgIpc) is 3.11. The van der Waals surface area contributed by atoms with E-state index in [0.29, 0.717) is 5.69 Å². The van der Waals surface area contributed by atoms with Crippen LogP contribution in [0.2, 0.25) is 0 Å². The van der Waals surface area contributed by atoms with E-state index in [4.69, 9.17) is 0 Å². The quantitative estimate of drug-likeness (QED) is 0.779. The predicted octanol–water partition coefficient (Wildman–Crippen LogP) is 3.95. The Morgan fingerprint density at radius 2 is 1.90 bits per heavy atom. The number of carbonyl (C=O) groups is 1. The third-order valence-electron chi connectivity index (χ3n) is 2.65. The van der Waals surface area contributed by atoms with Gasteiger partial charge in [0.25, 0.3) is 5.91 Å². The Hall–Kier alpha value is -1.92. The Kier molecular flexibility index (Phi) is 3.66. The van der Waals surface area contributed by atoms with Gasteiger partial charge in [0.15, 0.2) is 5.13 Å². The van der Waals surface area contributed by atoms with Gasteiger partial charge in [0.05, 0.1) is 0 Å². The highest BCUT2D eigenvalue weighted by atomic mass is 79.9. The van der Waals surface area contributed by atoms with Gasteiger partial charge in [-0.2, -0.15) is 0 Å². The van der Waals surface area contributed by atoms with Crippen molar-refractivity contribution in [1.82, 2.24) is 9.55 Å². The molecule has 0 spiro atoms. The summed E-state index contributed by atoms with van der Waals surface area (Å²) in [6.45, 7) is 0. The molecule has 0 radical (unpaired) electrons. The van der Waals surface area contributed by atoms with Crippen molar-refractivity contribution in [3.63, 3.8) is 0 Å². The summed E-state index contributed by atoms with van der Waals surface area (Å²) in [6.07, 6.45) is 3.80. The number of hydrogen-bond donors (Lipinski definition) is 1. The Labute approximate surface area is 128 Å². The van der Waals surface area contributed by atoms with Gasteiger partial charge in [-0.05, 0) is 36.4 Å². The second kappa shape index (κ2) is 5.60. The average molecular weight is 348 g/mol. The Balaban J connectivity index is 1.76. The van der Waals surface area contributed by atoms with Crippen LogP contribution in [0.5, 0.6) is 0 Å². The molecule has 0 aliphatic carbocycles. The number of carbonyl (C=O) groups excluding carboxylic acids is 1. The van der Waals surface area contributed by atoms with Crippen LogP contribution < -0.4 is 5.32 Å². The van der Waals surface area contributed by atoms with Crippen LogP contribution in [0, 0.1) is 0 Å². The molecule has 3 aromatic rings.